The number of hydrogen-bond donors (Lipinski definition) is 2. The number of benzene rings is 2. The summed E-state index contributed by atoms with van der Waals surface area (Å²) >= 11 is 1.62. The van der Waals surface area contributed by atoms with Crippen LogP contribution >= 0.6 is 11.3 Å². The summed E-state index contributed by atoms with van der Waals surface area (Å²) in [6, 6.07) is 13.4. The van der Waals surface area contributed by atoms with Gasteiger partial charge in [0.05, 0.1) is 12.0 Å². The minimum atomic E-state index is -0.481. The molecule has 0 saturated heterocycles. The number of anilines is 2. The van der Waals surface area contributed by atoms with Crippen molar-refractivity contribution >= 4 is 28.8 Å². The van der Waals surface area contributed by atoms with Gasteiger partial charge in [-0.15, -0.1) is 11.3 Å². The number of thiazole rings is 1. The Morgan fingerprint density at radius 3 is 2.44 bits per heavy atom. The highest BCUT2D eigenvalue weighted by atomic mass is 32.1. The minimum Gasteiger partial charge on any atom is -0.453 e. The van der Waals surface area contributed by atoms with E-state index in [2.05, 4.69) is 28.9 Å². The first-order valence-electron chi connectivity index (χ1n) is 8.76. The van der Waals surface area contributed by atoms with Gasteiger partial charge in [0.1, 0.15) is 5.01 Å². The zero-order valence-corrected chi connectivity index (χ0v) is 16.9. The highest BCUT2D eigenvalue weighted by Gasteiger charge is 2.10. The SMILES string of the molecule is CCC.COC(=O)Nc1ccc(-c2cnc(-c3ccc(N)cc3)s2)c(C)c1. The van der Waals surface area contributed by atoms with Crippen molar-refractivity contribution in [3.8, 4) is 21.0 Å². The summed E-state index contributed by atoms with van der Waals surface area (Å²) in [5, 5.41) is 3.61. The third-order valence-electron chi connectivity index (χ3n) is 3.59. The van der Waals surface area contributed by atoms with Crippen LogP contribution < -0.4 is 11.1 Å². The molecule has 6 heteroatoms. The zero-order chi connectivity index (χ0) is 19.8. The van der Waals surface area contributed by atoms with E-state index in [0.29, 0.717) is 5.69 Å². The smallest absolute Gasteiger partial charge is 0.411 e. The molecule has 5 nitrogen and oxygen atoms in total. The van der Waals surface area contributed by atoms with Gasteiger partial charge in [0.2, 0.25) is 0 Å². The van der Waals surface area contributed by atoms with Crippen LogP contribution in [0.2, 0.25) is 0 Å². The van der Waals surface area contributed by atoms with E-state index in [9.17, 15) is 4.79 Å². The molecule has 0 bridgehead atoms. The lowest BCUT2D eigenvalue weighted by Crippen LogP contribution is -2.10. The third-order valence-corrected chi connectivity index (χ3v) is 4.67. The number of nitrogens with one attached hydrogen (secondary N) is 1. The second-order valence-corrected chi connectivity index (χ2v) is 7.04. The second-order valence-electron chi connectivity index (χ2n) is 6.01. The lowest BCUT2D eigenvalue weighted by Gasteiger charge is -2.07. The Morgan fingerprint density at radius 1 is 1.19 bits per heavy atom. The molecule has 2 aromatic carbocycles. The van der Waals surface area contributed by atoms with Crippen LogP contribution in [0.25, 0.3) is 21.0 Å². The maximum atomic E-state index is 11.3. The summed E-state index contributed by atoms with van der Waals surface area (Å²) in [5.41, 5.74) is 10.3. The van der Waals surface area contributed by atoms with Crippen molar-refractivity contribution in [1.82, 2.24) is 4.98 Å². The molecule has 0 atom stereocenters. The first-order valence-corrected chi connectivity index (χ1v) is 9.57. The molecule has 3 aromatic rings. The molecular weight excluding hydrogens is 358 g/mol. The lowest BCUT2D eigenvalue weighted by atomic mass is 10.1. The van der Waals surface area contributed by atoms with Crippen LogP contribution in [-0.2, 0) is 4.74 Å². The van der Waals surface area contributed by atoms with Gasteiger partial charge in [-0.2, -0.15) is 0 Å². The molecular formula is C21H25N3O2S. The van der Waals surface area contributed by atoms with Crippen LogP contribution in [0.3, 0.4) is 0 Å². The molecule has 0 unspecified atom stereocenters. The van der Waals surface area contributed by atoms with Crippen LogP contribution in [0.15, 0.2) is 48.7 Å². The van der Waals surface area contributed by atoms with E-state index >= 15 is 0 Å². The van der Waals surface area contributed by atoms with Crippen LogP contribution in [0.1, 0.15) is 25.8 Å². The van der Waals surface area contributed by atoms with E-state index in [1.807, 2.05) is 55.6 Å². The number of rotatable bonds is 3. The first kappa shape index (κ1) is 20.5. The van der Waals surface area contributed by atoms with Crippen LogP contribution in [-0.4, -0.2) is 18.2 Å². The first-order chi connectivity index (χ1) is 13.0. The van der Waals surface area contributed by atoms with Gasteiger partial charge in [0.15, 0.2) is 0 Å². The molecule has 0 fully saturated rings. The molecule has 3 rings (SSSR count). The fourth-order valence-corrected chi connectivity index (χ4v) is 3.36. The van der Waals surface area contributed by atoms with Gasteiger partial charge in [-0.1, -0.05) is 26.3 Å². The number of aromatic nitrogens is 1. The Labute approximate surface area is 164 Å². The molecule has 0 saturated carbocycles. The normalized spacial score (nSPS) is 9.93. The maximum absolute atomic E-state index is 11.3. The molecule has 1 amide bonds. The molecule has 3 N–H and O–H groups in total. The number of methoxy groups -OCH3 is 1. The summed E-state index contributed by atoms with van der Waals surface area (Å²) in [6.45, 7) is 6.25. The Bertz CT molecular complexity index is 889. The second kappa shape index (κ2) is 9.73. The van der Waals surface area contributed by atoms with E-state index in [0.717, 1.165) is 32.3 Å². The van der Waals surface area contributed by atoms with Crippen molar-refractivity contribution in [2.24, 2.45) is 0 Å². The number of nitrogens with zero attached hydrogens (tertiary/aromatic N) is 1. The Kier molecular flexibility index (Phi) is 7.37. The highest BCUT2D eigenvalue weighted by molar-refractivity contribution is 7.18. The van der Waals surface area contributed by atoms with Crippen molar-refractivity contribution < 1.29 is 9.53 Å². The summed E-state index contributed by atoms with van der Waals surface area (Å²) in [4.78, 5) is 16.9. The van der Waals surface area contributed by atoms with Gasteiger partial charge < -0.3 is 10.5 Å². The van der Waals surface area contributed by atoms with Gasteiger partial charge >= 0.3 is 6.09 Å². The van der Waals surface area contributed by atoms with Crippen LogP contribution in [0.5, 0.6) is 0 Å². The molecule has 0 aliphatic heterocycles. The number of ether oxygens (including phenoxy) is 1. The van der Waals surface area contributed by atoms with E-state index in [4.69, 9.17) is 5.73 Å². The van der Waals surface area contributed by atoms with Crippen molar-refractivity contribution in [1.29, 1.82) is 0 Å². The topological polar surface area (TPSA) is 77.2 Å². The molecule has 0 radical (unpaired) electrons. The van der Waals surface area contributed by atoms with E-state index in [1.165, 1.54) is 13.5 Å². The molecule has 27 heavy (non-hydrogen) atoms. The molecule has 0 aliphatic rings. The predicted octanol–water partition coefficient (Wildman–Crippen LogP) is 5.96. The number of nitrogens with two attached hydrogens (primary N) is 1. The van der Waals surface area contributed by atoms with Gasteiger partial charge in [0.25, 0.3) is 0 Å². The molecule has 142 valence electrons. The minimum absolute atomic E-state index is 0.481. The Hall–Kier alpha value is -2.86. The van der Waals surface area contributed by atoms with Gasteiger partial charge in [0, 0.05) is 23.1 Å². The molecule has 0 spiro atoms. The number of carbonyl (C=O) groups is 1. The van der Waals surface area contributed by atoms with E-state index < -0.39 is 6.09 Å². The van der Waals surface area contributed by atoms with Gasteiger partial charge in [-0.25, -0.2) is 9.78 Å². The number of nitrogen functional groups attached to an aromatic ring is 1. The molecule has 1 heterocycles. The molecule has 0 aliphatic carbocycles. The standard InChI is InChI=1S/C18H17N3O2S.C3H8/c1-11-9-14(21-18(22)23-2)7-8-15(11)16-10-20-17(24-16)12-3-5-13(19)6-4-12;1-3-2/h3-10H,19H2,1-2H3,(H,21,22);3H2,1-2H3. The lowest BCUT2D eigenvalue weighted by molar-refractivity contribution is 0.187. The monoisotopic (exact) mass is 383 g/mol. The van der Waals surface area contributed by atoms with Gasteiger partial charge in [-0.05, 0) is 54.4 Å². The summed E-state index contributed by atoms with van der Waals surface area (Å²) in [7, 11) is 1.34. The predicted molar refractivity (Wildman–Crippen MR) is 114 cm³/mol. The van der Waals surface area contributed by atoms with Gasteiger partial charge in [-0.3, -0.25) is 5.32 Å². The summed E-state index contributed by atoms with van der Waals surface area (Å²) in [5.74, 6) is 0. The number of aryl methyl sites for hydroxylation is 1. The quantitative estimate of drug-likeness (QED) is 0.547. The summed E-state index contributed by atoms with van der Waals surface area (Å²) in [6.07, 6.45) is 2.64. The van der Waals surface area contributed by atoms with Crippen LogP contribution in [0.4, 0.5) is 16.2 Å². The maximum Gasteiger partial charge on any atom is 0.411 e. The Balaban J connectivity index is 0.000000817. The average Bonchev–Trinajstić information content (AvgIpc) is 3.13. The number of amides is 1. The largest absolute Gasteiger partial charge is 0.453 e. The average molecular weight is 384 g/mol. The van der Waals surface area contributed by atoms with E-state index in [-0.39, 0.29) is 0 Å². The fraction of sp³-hybridized carbons (Fsp3) is 0.238. The van der Waals surface area contributed by atoms with Crippen molar-refractivity contribution in [3.05, 3.63) is 54.2 Å². The number of carbonyl (C=O) groups excluding carboxylic acids is 1. The Morgan fingerprint density at radius 2 is 1.85 bits per heavy atom. The summed E-state index contributed by atoms with van der Waals surface area (Å²) < 4.78 is 4.60. The molecule has 1 aromatic heterocycles. The van der Waals surface area contributed by atoms with Crippen molar-refractivity contribution in [2.45, 2.75) is 27.2 Å². The fourth-order valence-electron chi connectivity index (χ4n) is 2.34. The highest BCUT2D eigenvalue weighted by Crippen LogP contribution is 2.34. The van der Waals surface area contributed by atoms with Crippen LogP contribution in [0, 0.1) is 6.92 Å². The van der Waals surface area contributed by atoms with Crippen molar-refractivity contribution in [3.63, 3.8) is 0 Å². The zero-order valence-electron chi connectivity index (χ0n) is 16.1. The van der Waals surface area contributed by atoms with E-state index in [1.54, 1.807) is 11.3 Å². The third kappa shape index (κ3) is 5.56. The van der Waals surface area contributed by atoms with Crippen molar-refractivity contribution in [2.75, 3.05) is 18.2 Å². The number of hydrogen-bond acceptors (Lipinski definition) is 5.